The zero-order valence-corrected chi connectivity index (χ0v) is 18.5. The number of anilines is 2. The fourth-order valence-electron chi connectivity index (χ4n) is 4.31. The van der Waals surface area contributed by atoms with E-state index in [1.807, 2.05) is 47.3 Å². The van der Waals surface area contributed by atoms with Gasteiger partial charge in [0.15, 0.2) is 5.65 Å². The molecule has 0 bridgehead atoms. The van der Waals surface area contributed by atoms with Crippen LogP contribution in [0.25, 0.3) is 16.7 Å². The SMILES string of the molecule is COc1cc(OC)cc(N2CCC(N(C)c3ncnc4c3cnn4-c3ccccc3)C2)c1. The van der Waals surface area contributed by atoms with E-state index in [-0.39, 0.29) is 0 Å². The van der Waals surface area contributed by atoms with Crippen LogP contribution < -0.4 is 19.3 Å². The summed E-state index contributed by atoms with van der Waals surface area (Å²) in [6, 6.07) is 16.3. The van der Waals surface area contributed by atoms with Crippen LogP contribution in [-0.2, 0) is 0 Å². The molecule has 32 heavy (non-hydrogen) atoms. The van der Waals surface area contributed by atoms with Gasteiger partial charge in [0, 0.05) is 50.1 Å². The third kappa shape index (κ3) is 3.57. The number of aromatic nitrogens is 4. The minimum atomic E-state index is 0.311. The Morgan fingerprint density at radius 2 is 1.72 bits per heavy atom. The van der Waals surface area contributed by atoms with Crippen molar-refractivity contribution >= 4 is 22.5 Å². The molecule has 0 aliphatic carbocycles. The lowest BCUT2D eigenvalue weighted by molar-refractivity contribution is 0.394. The zero-order valence-electron chi connectivity index (χ0n) is 18.5. The van der Waals surface area contributed by atoms with Gasteiger partial charge in [-0.15, -0.1) is 0 Å². The van der Waals surface area contributed by atoms with E-state index < -0.39 is 0 Å². The van der Waals surface area contributed by atoms with E-state index in [1.165, 1.54) is 0 Å². The molecular formula is C24H26N6O2. The second-order valence-electron chi connectivity index (χ2n) is 7.90. The predicted molar refractivity (Wildman–Crippen MR) is 125 cm³/mol. The lowest BCUT2D eigenvalue weighted by Crippen LogP contribution is -2.35. The Labute approximate surface area is 187 Å². The van der Waals surface area contributed by atoms with Gasteiger partial charge in [-0.05, 0) is 18.6 Å². The summed E-state index contributed by atoms with van der Waals surface area (Å²) in [4.78, 5) is 13.7. The summed E-state index contributed by atoms with van der Waals surface area (Å²) in [6.45, 7) is 1.83. The average Bonchev–Trinajstić information content (AvgIpc) is 3.51. The number of benzene rings is 2. The van der Waals surface area contributed by atoms with Gasteiger partial charge in [-0.1, -0.05) is 18.2 Å². The Balaban J connectivity index is 1.41. The van der Waals surface area contributed by atoms with E-state index in [9.17, 15) is 0 Å². The van der Waals surface area contributed by atoms with Crippen LogP contribution in [0.15, 0.2) is 61.1 Å². The molecule has 0 spiro atoms. The molecule has 4 aromatic rings. The number of nitrogens with zero attached hydrogens (tertiary/aromatic N) is 6. The first kappa shape index (κ1) is 20.1. The lowest BCUT2D eigenvalue weighted by Gasteiger charge is -2.27. The van der Waals surface area contributed by atoms with Gasteiger partial charge in [0.05, 0.1) is 31.5 Å². The van der Waals surface area contributed by atoms with Crippen molar-refractivity contribution < 1.29 is 9.47 Å². The van der Waals surface area contributed by atoms with Crippen LogP contribution in [0.2, 0.25) is 0 Å². The molecule has 0 radical (unpaired) electrons. The highest BCUT2D eigenvalue weighted by Gasteiger charge is 2.28. The van der Waals surface area contributed by atoms with Crippen molar-refractivity contribution in [1.82, 2.24) is 19.7 Å². The van der Waals surface area contributed by atoms with Crippen molar-refractivity contribution in [2.24, 2.45) is 0 Å². The highest BCUT2D eigenvalue weighted by Crippen LogP contribution is 2.33. The molecule has 1 aliphatic heterocycles. The first-order valence-electron chi connectivity index (χ1n) is 10.6. The van der Waals surface area contributed by atoms with E-state index in [2.05, 4.69) is 44.0 Å². The third-order valence-corrected chi connectivity index (χ3v) is 6.09. The van der Waals surface area contributed by atoms with Gasteiger partial charge in [-0.3, -0.25) is 0 Å². The lowest BCUT2D eigenvalue weighted by atomic mass is 10.2. The summed E-state index contributed by atoms with van der Waals surface area (Å²) in [6.07, 6.45) is 4.50. The largest absolute Gasteiger partial charge is 0.497 e. The van der Waals surface area contributed by atoms with E-state index in [1.54, 1.807) is 20.5 Å². The molecule has 1 atom stereocenters. The smallest absolute Gasteiger partial charge is 0.168 e. The number of fused-ring (bicyclic) bond motifs is 1. The van der Waals surface area contributed by atoms with Gasteiger partial charge in [0.2, 0.25) is 0 Å². The van der Waals surface area contributed by atoms with Crippen molar-refractivity contribution in [1.29, 1.82) is 0 Å². The summed E-state index contributed by atoms with van der Waals surface area (Å²) < 4.78 is 12.7. The first-order valence-corrected chi connectivity index (χ1v) is 10.6. The molecule has 1 fully saturated rings. The molecule has 2 aromatic carbocycles. The van der Waals surface area contributed by atoms with Crippen LogP contribution in [0.1, 0.15) is 6.42 Å². The standard InChI is InChI=1S/C24H26N6O2/c1-28(18-9-10-29(15-18)19-11-20(31-2)13-21(12-19)32-3)23-22-14-27-30(24(22)26-16-25-23)17-7-5-4-6-8-17/h4-8,11-14,16,18H,9-10,15H2,1-3H3. The van der Waals surface area contributed by atoms with Crippen molar-refractivity contribution in [2.75, 3.05) is 44.2 Å². The molecule has 0 N–H and O–H groups in total. The van der Waals surface area contributed by atoms with Gasteiger partial charge in [-0.2, -0.15) is 5.10 Å². The predicted octanol–water partition coefficient (Wildman–Crippen LogP) is 3.55. The van der Waals surface area contributed by atoms with E-state index in [0.29, 0.717) is 6.04 Å². The number of rotatable bonds is 6. The van der Waals surface area contributed by atoms with Crippen molar-refractivity contribution in [3.63, 3.8) is 0 Å². The summed E-state index contributed by atoms with van der Waals surface area (Å²) in [7, 11) is 5.45. The van der Waals surface area contributed by atoms with Gasteiger partial charge in [0.25, 0.3) is 0 Å². The minimum Gasteiger partial charge on any atom is -0.497 e. The van der Waals surface area contributed by atoms with E-state index in [4.69, 9.17) is 9.47 Å². The van der Waals surface area contributed by atoms with Gasteiger partial charge < -0.3 is 19.3 Å². The first-order chi connectivity index (χ1) is 15.7. The Morgan fingerprint density at radius 1 is 0.969 bits per heavy atom. The average molecular weight is 431 g/mol. The number of ether oxygens (including phenoxy) is 2. The summed E-state index contributed by atoms with van der Waals surface area (Å²) in [5.74, 6) is 2.48. The van der Waals surface area contributed by atoms with Crippen molar-refractivity contribution in [3.05, 3.63) is 61.1 Å². The molecule has 1 saturated heterocycles. The Bertz CT molecular complexity index is 1200. The molecule has 5 rings (SSSR count). The maximum Gasteiger partial charge on any atom is 0.168 e. The second-order valence-corrected chi connectivity index (χ2v) is 7.90. The molecule has 0 amide bonds. The molecule has 8 heteroatoms. The molecule has 8 nitrogen and oxygen atoms in total. The Kier molecular flexibility index (Phi) is 5.26. The number of methoxy groups -OCH3 is 2. The molecule has 1 unspecified atom stereocenters. The normalized spacial score (nSPS) is 15.8. The zero-order chi connectivity index (χ0) is 22.1. The Hall–Kier alpha value is -3.81. The van der Waals surface area contributed by atoms with E-state index in [0.717, 1.165) is 59.2 Å². The van der Waals surface area contributed by atoms with Gasteiger partial charge >= 0.3 is 0 Å². The number of likely N-dealkylation sites (N-methyl/N-ethyl adjacent to an activating group) is 1. The second kappa shape index (κ2) is 8.37. The highest BCUT2D eigenvalue weighted by atomic mass is 16.5. The fourth-order valence-corrected chi connectivity index (χ4v) is 4.31. The van der Waals surface area contributed by atoms with Gasteiger partial charge in [-0.25, -0.2) is 14.6 Å². The van der Waals surface area contributed by atoms with Crippen LogP contribution in [-0.4, -0.2) is 60.1 Å². The molecule has 0 saturated carbocycles. The quantitative estimate of drug-likeness (QED) is 0.463. The van der Waals surface area contributed by atoms with Crippen molar-refractivity contribution in [2.45, 2.75) is 12.5 Å². The monoisotopic (exact) mass is 430 g/mol. The summed E-state index contributed by atoms with van der Waals surface area (Å²) in [5.41, 5.74) is 2.89. The number of hydrogen-bond acceptors (Lipinski definition) is 7. The molecule has 164 valence electrons. The maximum absolute atomic E-state index is 5.44. The number of para-hydroxylation sites is 1. The number of hydrogen-bond donors (Lipinski definition) is 0. The van der Waals surface area contributed by atoms with Crippen LogP contribution in [0.4, 0.5) is 11.5 Å². The summed E-state index contributed by atoms with van der Waals surface area (Å²) >= 11 is 0. The fraction of sp³-hybridized carbons (Fsp3) is 0.292. The molecule has 2 aromatic heterocycles. The molecule has 3 heterocycles. The summed E-state index contributed by atoms with van der Waals surface area (Å²) in [5, 5.41) is 5.53. The minimum absolute atomic E-state index is 0.311. The maximum atomic E-state index is 5.44. The van der Waals surface area contributed by atoms with Crippen LogP contribution in [0, 0.1) is 0 Å². The topological polar surface area (TPSA) is 68.5 Å². The molecule has 1 aliphatic rings. The Morgan fingerprint density at radius 3 is 2.44 bits per heavy atom. The molecular weight excluding hydrogens is 404 g/mol. The third-order valence-electron chi connectivity index (χ3n) is 6.09. The van der Waals surface area contributed by atoms with Gasteiger partial charge in [0.1, 0.15) is 23.6 Å². The van der Waals surface area contributed by atoms with E-state index >= 15 is 0 Å². The van der Waals surface area contributed by atoms with Crippen LogP contribution in [0.3, 0.4) is 0 Å². The van der Waals surface area contributed by atoms with Crippen LogP contribution in [0.5, 0.6) is 11.5 Å². The van der Waals surface area contributed by atoms with Crippen molar-refractivity contribution in [3.8, 4) is 17.2 Å². The highest BCUT2D eigenvalue weighted by molar-refractivity contribution is 5.87. The van der Waals surface area contributed by atoms with Crippen LogP contribution >= 0.6 is 0 Å².